The molecule has 0 bridgehead atoms. The van der Waals surface area contributed by atoms with Crippen LogP contribution in [0, 0.1) is 0 Å². The van der Waals surface area contributed by atoms with Gasteiger partial charge in [-0.1, -0.05) is 23.7 Å². The maximum Gasteiger partial charge on any atom is 0.197 e. The molecule has 0 amide bonds. The summed E-state index contributed by atoms with van der Waals surface area (Å²) in [5, 5.41) is 30.4. The second-order valence-corrected chi connectivity index (χ2v) is 7.20. The number of halogens is 1. The van der Waals surface area contributed by atoms with Crippen LogP contribution in [-0.4, -0.2) is 46.5 Å². The number of aliphatic hydroxyl groups is 1. The molecule has 146 valence electrons. The number of nitrogens with zero attached hydrogens (tertiary/aromatic N) is 1. The van der Waals surface area contributed by atoms with E-state index in [0.29, 0.717) is 13.0 Å². The van der Waals surface area contributed by atoms with Gasteiger partial charge in [-0.25, -0.2) is 0 Å². The lowest BCUT2D eigenvalue weighted by atomic mass is 9.89. The Morgan fingerprint density at radius 2 is 2.04 bits per heavy atom. The van der Waals surface area contributed by atoms with E-state index >= 15 is 0 Å². The number of phenols is 2. The minimum Gasteiger partial charge on any atom is -0.507 e. The minimum atomic E-state index is -0.671. The number of likely N-dealkylation sites (N-methyl/N-ethyl adjacent to an activating group) is 1. The van der Waals surface area contributed by atoms with Gasteiger partial charge >= 0.3 is 0 Å². The number of aromatic hydroxyl groups is 2. The summed E-state index contributed by atoms with van der Waals surface area (Å²) in [5.74, 6) is -1.44. The highest BCUT2D eigenvalue weighted by molar-refractivity contribution is 6.33. The smallest absolute Gasteiger partial charge is 0.197 e. The number of rotatable bonds is 3. The highest BCUT2D eigenvalue weighted by Crippen LogP contribution is 2.44. The lowest BCUT2D eigenvalue weighted by Gasteiger charge is -2.24. The van der Waals surface area contributed by atoms with Gasteiger partial charge in [-0.15, -0.1) is 0 Å². The second-order valence-electron chi connectivity index (χ2n) is 6.82. The van der Waals surface area contributed by atoms with E-state index < -0.39 is 41.3 Å². The van der Waals surface area contributed by atoms with Crippen LogP contribution in [-0.2, 0) is 0 Å². The predicted octanol–water partition coefficient (Wildman–Crippen LogP) is 3.30. The molecule has 2 atom stereocenters. The van der Waals surface area contributed by atoms with Crippen molar-refractivity contribution in [1.29, 1.82) is 0 Å². The first-order valence-electron chi connectivity index (χ1n) is 10.7. The number of aliphatic hydroxyl groups excluding tert-OH is 1. The lowest BCUT2D eigenvalue weighted by Crippen LogP contribution is -2.32. The van der Waals surface area contributed by atoms with Crippen LogP contribution in [0.4, 0.5) is 0 Å². The second kappa shape index (κ2) is 7.13. The van der Waals surface area contributed by atoms with Gasteiger partial charge in [0.15, 0.2) is 5.43 Å². The van der Waals surface area contributed by atoms with Crippen molar-refractivity contribution >= 4 is 22.6 Å². The third kappa shape index (κ3) is 2.94. The lowest BCUT2D eigenvalue weighted by molar-refractivity contribution is 0.172. The van der Waals surface area contributed by atoms with E-state index in [1.54, 1.807) is 0 Å². The summed E-state index contributed by atoms with van der Waals surface area (Å²) in [6.45, 7) is 0.421. The Morgan fingerprint density at radius 3 is 2.79 bits per heavy atom. The quantitative estimate of drug-likeness (QED) is 0.619. The molecular formula is C21H20ClNO5. The van der Waals surface area contributed by atoms with Gasteiger partial charge in [-0.3, -0.25) is 4.79 Å². The summed E-state index contributed by atoms with van der Waals surface area (Å²) in [4.78, 5) is 14.9. The SMILES string of the molecule is [2H]c1c([2H])c([2H])c(-c2cc(=O)c3c(O)cc(O)c([C@@H]4CCN(C)[C@H]4CO)c3o2)c(Cl)c1[2H]. The van der Waals surface area contributed by atoms with Gasteiger partial charge in [0.25, 0.3) is 0 Å². The van der Waals surface area contributed by atoms with Crippen molar-refractivity contribution in [3.05, 3.63) is 57.1 Å². The Balaban J connectivity index is 2.08. The van der Waals surface area contributed by atoms with E-state index in [9.17, 15) is 20.1 Å². The van der Waals surface area contributed by atoms with Crippen molar-refractivity contribution in [3.8, 4) is 22.8 Å². The Labute approximate surface area is 171 Å². The molecule has 3 aromatic rings. The summed E-state index contributed by atoms with van der Waals surface area (Å²) >= 11 is 6.20. The largest absolute Gasteiger partial charge is 0.507 e. The third-order valence-corrected chi connectivity index (χ3v) is 5.55. The average molecular weight is 406 g/mol. The molecule has 7 heteroatoms. The molecule has 6 nitrogen and oxygen atoms in total. The van der Waals surface area contributed by atoms with Crippen LogP contribution in [0.15, 0.2) is 45.5 Å². The number of fused-ring (bicyclic) bond motifs is 1. The van der Waals surface area contributed by atoms with Crippen LogP contribution >= 0.6 is 11.6 Å². The van der Waals surface area contributed by atoms with Gasteiger partial charge in [-0.05, 0) is 32.1 Å². The molecule has 0 aliphatic carbocycles. The van der Waals surface area contributed by atoms with Crippen molar-refractivity contribution < 1.29 is 25.2 Å². The maximum atomic E-state index is 13.0. The van der Waals surface area contributed by atoms with Crippen molar-refractivity contribution in [2.45, 2.75) is 18.4 Å². The average Bonchev–Trinajstić information content (AvgIpc) is 3.10. The number of likely N-dealkylation sites (tertiary alicyclic amines) is 1. The highest BCUT2D eigenvalue weighted by Gasteiger charge is 2.36. The van der Waals surface area contributed by atoms with Crippen LogP contribution < -0.4 is 5.43 Å². The Bertz CT molecular complexity index is 1280. The van der Waals surface area contributed by atoms with E-state index in [0.717, 1.165) is 12.1 Å². The number of hydrogen-bond donors (Lipinski definition) is 3. The van der Waals surface area contributed by atoms with Crippen molar-refractivity contribution in [2.75, 3.05) is 20.2 Å². The monoisotopic (exact) mass is 405 g/mol. The standard InChI is InChI=1S/C21H20ClNO5/c1-23-7-6-12(14(23)10-24)19-15(25)8-16(26)20-17(27)9-18(28-21(19)20)11-4-2-3-5-13(11)22/h2-5,8-9,12,14,24-26H,6-7,10H2,1H3/t12-,14+/m1/s1/i2D,3D,4D,5D. The Hall–Kier alpha value is -2.54. The number of phenolic OH excluding ortho intramolecular Hbond substituents is 2. The summed E-state index contributed by atoms with van der Waals surface area (Å²) in [6, 6.07) is -0.352. The molecular weight excluding hydrogens is 382 g/mol. The molecule has 0 radical (unpaired) electrons. The van der Waals surface area contributed by atoms with E-state index in [-0.39, 0.29) is 51.3 Å². The number of benzene rings is 2. The molecule has 3 N–H and O–H groups in total. The van der Waals surface area contributed by atoms with E-state index in [1.165, 1.54) is 0 Å². The molecule has 28 heavy (non-hydrogen) atoms. The molecule has 1 aliphatic rings. The maximum absolute atomic E-state index is 13.0. The molecule has 0 spiro atoms. The van der Waals surface area contributed by atoms with Crippen molar-refractivity contribution in [3.63, 3.8) is 0 Å². The van der Waals surface area contributed by atoms with Crippen LogP contribution in [0.5, 0.6) is 11.5 Å². The molecule has 2 aromatic carbocycles. The van der Waals surface area contributed by atoms with E-state index in [1.807, 2.05) is 11.9 Å². The molecule has 0 saturated carbocycles. The van der Waals surface area contributed by atoms with Crippen LogP contribution in [0.2, 0.25) is 5.02 Å². The topological polar surface area (TPSA) is 94.1 Å². The van der Waals surface area contributed by atoms with Crippen LogP contribution in [0.1, 0.15) is 23.4 Å². The molecule has 2 heterocycles. The fraction of sp³-hybridized carbons (Fsp3) is 0.286. The molecule has 1 fully saturated rings. The summed E-state index contributed by atoms with van der Waals surface area (Å²) in [6.07, 6.45) is 0.550. The molecule has 4 rings (SSSR count). The van der Waals surface area contributed by atoms with Gasteiger partial charge in [0.2, 0.25) is 0 Å². The van der Waals surface area contributed by atoms with Gasteiger partial charge < -0.3 is 24.6 Å². The minimum absolute atomic E-state index is 0.118. The van der Waals surface area contributed by atoms with Gasteiger partial charge in [0, 0.05) is 35.2 Å². The van der Waals surface area contributed by atoms with Gasteiger partial charge in [0.1, 0.15) is 28.2 Å². The fourth-order valence-corrected chi connectivity index (χ4v) is 4.07. The van der Waals surface area contributed by atoms with Crippen LogP contribution in [0.3, 0.4) is 0 Å². The Morgan fingerprint density at radius 1 is 1.29 bits per heavy atom. The molecule has 0 unspecified atom stereocenters. The first kappa shape index (κ1) is 14.5. The van der Waals surface area contributed by atoms with Crippen molar-refractivity contribution in [2.24, 2.45) is 0 Å². The predicted molar refractivity (Wildman–Crippen MR) is 107 cm³/mol. The normalized spacial score (nSPS) is 22.1. The summed E-state index contributed by atoms with van der Waals surface area (Å²) in [7, 11) is 1.82. The number of hydrogen-bond acceptors (Lipinski definition) is 6. The molecule has 1 aliphatic heterocycles. The zero-order chi connectivity index (χ0) is 23.5. The first-order valence-corrected chi connectivity index (χ1v) is 9.06. The summed E-state index contributed by atoms with van der Waals surface area (Å²) < 4.78 is 37.8. The highest BCUT2D eigenvalue weighted by atomic mass is 35.5. The first-order chi connectivity index (χ1) is 15.1. The van der Waals surface area contributed by atoms with E-state index in [4.69, 9.17) is 21.5 Å². The van der Waals surface area contributed by atoms with E-state index in [2.05, 4.69) is 0 Å². The molecule has 1 saturated heterocycles. The van der Waals surface area contributed by atoms with Crippen molar-refractivity contribution in [1.82, 2.24) is 4.90 Å². The van der Waals surface area contributed by atoms with Gasteiger partial charge in [-0.2, -0.15) is 0 Å². The van der Waals surface area contributed by atoms with Crippen LogP contribution in [0.25, 0.3) is 22.3 Å². The Kier molecular flexibility index (Phi) is 3.68. The summed E-state index contributed by atoms with van der Waals surface area (Å²) in [5.41, 5.74) is -0.757. The fourth-order valence-electron chi connectivity index (χ4n) is 3.88. The zero-order valence-electron chi connectivity index (χ0n) is 18.9. The third-order valence-electron chi connectivity index (χ3n) is 5.27. The van der Waals surface area contributed by atoms with Gasteiger partial charge in [0.05, 0.1) is 17.1 Å². The zero-order valence-corrected chi connectivity index (χ0v) is 15.7. The molecule has 1 aromatic heterocycles.